The fourth-order valence-electron chi connectivity index (χ4n) is 2.40. The van der Waals surface area contributed by atoms with E-state index in [0.29, 0.717) is 5.89 Å². The van der Waals surface area contributed by atoms with E-state index in [0.717, 1.165) is 19.3 Å². The van der Waals surface area contributed by atoms with Crippen molar-refractivity contribution in [1.29, 1.82) is 0 Å². The Bertz CT molecular complexity index is 591. The molecule has 3 rings (SSSR count). The van der Waals surface area contributed by atoms with Crippen LogP contribution in [0.5, 0.6) is 0 Å². The van der Waals surface area contributed by atoms with Crippen molar-refractivity contribution in [3.63, 3.8) is 0 Å². The van der Waals surface area contributed by atoms with Crippen molar-refractivity contribution in [2.45, 2.75) is 25.2 Å². The first-order valence-electron chi connectivity index (χ1n) is 5.87. The molecule has 0 bridgehead atoms. The highest BCUT2D eigenvalue weighted by Crippen LogP contribution is 2.31. The second-order valence-corrected chi connectivity index (χ2v) is 4.47. The van der Waals surface area contributed by atoms with E-state index in [9.17, 15) is 4.79 Å². The average molecular weight is 244 g/mol. The van der Waals surface area contributed by atoms with E-state index in [1.807, 2.05) is 12.1 Å². The highest BCUT2D eigenvalue weighted by Gasteiger charge is 2.25. The van der Waals surface area contributed by atoms with Gasteiger partial charge in [0, 0.05) is 5.92 Å². The normalized spacial score (nSPS) is 18.3. The van der Waals surface area contributed by atoms with Crippen LogP contribution >= 0.6 is 0 Å². The number of hydrogen-bond donors (Lipinski definition) is 1. The van der Waals surface area contributed by atoms with E-state index < -0.39 is 5.97 Å². The first kappa shape index (κ1) is 11.0. The van der Waals surface area contributed by atoms with Crippen molar-refractivity contribution in [1.82, 2.24) is 10.1 Å². The van der Waals surface area contributed by atoms with Crippen molar-refractivity contribution < 1.29 is 14.4 Å². The Morgan fingerprint density at radius 2 is 2.11 bits per heavy atom. The number of aromatic carboxylic acids is 1. The van der Waals surface area contributed by atoms with Gasteiger partial charge < -0.3 is 9.63 Å². The van der Waals surface area contributed by atoms with Crippen LogP contribution in [0, 0.1) is 0 Å². The van der Waals surface area contributed by atoms with E-state index >= 15 is 0 Å². The van der Waals surface area contributed by atoms with E-state index in [2.05, 4.69) is 22.3 Å². The molecular formula is C13H12N2O3. The molecule has 0 fully saturated rings. The van der Waals surface area contributed by atoms with Crippen LogP contribution in [0.1, 0.15) is 40.0 Å². The van der Waals surface area contributed by atoms with Crippen LogP contribution < -0.4 is 0 Å². The molecule has 0 aliphatic heterocycles. The summed E-state index contributed by atoms with van der Waals surface area (Å²) in [6, 6.07) is 8.27. The zero-order valence-electron chi connectivity index (χ0n) is 9.67. The molecule has 0 spiro atoms. The lowest BCUT2D eigenvalue weighted by Crippen LogP contribution is -2.13. The molecule has 1 aromatic carbocycles. The van der Waals surface area contributed by atoms with Crippen LogP contribution in [0.2, 0.25) is 0 Å². The van der Waals surface area contributed by atoms with Gasteiger partial charge in [-0.2, -0.15) is 4.98 Å². The molecule has 0 saturated carbocycles. The monoisotopic (exact) mass is 244 g/mol. The summed E-state index contributed by atoms with van der Waals surface area (Å²) in [5, 5.41) is 12.2. The molecule has 0 amide bonds. The van der Waals surface area contributed by atoms with Gasteiger partial charge in [0.25, 0.3) is 5.82 Å². The third kappa shape index (κ3) is 1.88. The molecule has 1 aliphatic carbocycles. The molecule has 1 aromatic heterocycles. The number of aromatic nitrogens is 2. The second-order valence-electron chi connectivity index (χ2n) is 4.47. The largest absolute Gasteiger partial charge is 0.475 e. The standard InChI is InChI=1S/C13H12N2O3/c16-13(17)11-14-12(18-15-11)10-6-5-8-3-1-2-4-9(8)7-10/h1-4,10H,5-7H2,(H,16,17). The number of rotatable bonds is 2. The lowest BCUT2D eigenvalue weighted by Gasteiger charge is -2.21. The summed E-state index contributed by atoms with van der Waals surface area (Å²) in [7, 11) is 0. The van der Waals surface area contributed by atoms with Crippen LogP contribution in [-0.2, 0) is 12.8 Å². The molecule has 0 saturated heterocycles. The summed E-state index contributed by atoms with van der Waals surface area (Å²) in [6.07, 6.45) is 2.71. The van der Waals surface area contributed by atoms with Gasteiger partial charge in [-0.05, 0) is 35.5 Å². The molecule has 5 heteroatoms. The third-order valence-electron chi connectivity index (χ3n) is 3.33. The lowest BCUT2D eigenvalue weighted by molar-refractivity contribution is 0.0680. The first-order chi connectivity index (χ1) is 8.74. The van der Waals surface area contributed by atoms with E-state index in [-0.39, 0.29) is 11.7 Å². The zero-order valence-corrected chi connectivity index (χ0v) is 9.67. The van der Waals surface area contributed by atoms with Crippen LogP contribution in [0.3, 0.4) is 0 Å². The Labute approximate surface area is 103 Å². The van der Waals surface area contributed by atoms with Gasteiger partial charge in [-0.1, -0.05) is 24.3 Å². The molecule has 1 unspecified atom stereocenters. The number of aryl methyl sites for hydroxylation is 1. The number of benzene rings is 1. The number of carboxylic acids is 1. The molecule has 1 atom stereocenters. The Hall–Kier alpha value is -2.17. The Morgan fingerprint density at radius 3 is 2.83 bits per heavy atom. The van der Waals surface area contributed by atoms with Gasteiger partial charge in [-0.3, -0.25) is 0 Å². The summed E-state index contributed by atoms with van der Waals surface area (Å²) in [5.74, 6) is -0.854. The summed E-state index contributed by atoms with van der Waals surface area (Å²) in [4.78, 5) is 14.6. The fraction of sp³-hybridized carbons (Fsp3) is 0.308. The van der Waals surface area contributed by atoms with E-state index in [1.165, 1.54) is 11.1 Å². The number of carboxylic acid groups (broad SMARTS) is 1. The van der Waals surface area contributed by atoms with Gasteiger partial charge in [-0.25, -0.2) is 4.79 Å². The third-order valence-corrected chi connectivity index (χ3v) is 3.33. The minimum Gasteiger partial charge on any atom is -0.475 e. The molecule has 0 radical (unpaired) electrons. The maximum absolute atomic E-state index is 10.7. The number of carbonyl (C=O) groups is 1. The average Bonchev–Trinajstić information content (AvgIpc) is 2.88. The molecule has 2 aromatic rings. The summed E-state index contributed by atoms with van der Waals surface area (Å²) < 4.78 is 5.04. The maximum atomic E-state index is 10.7. The van der Waals surface area contributed by atoms with Gasteiger partial charge in [0.05, 0.1) is 0 Å². The minimum atomic E-state index is -1.15. The molecule has 1 N–H and O–H groups in total. The SMILES string of the molecule is O=C(O)c1noc(C2CCc3ccccc3C2)n1. The topological polar surface area (TPSA) is 76.2 Å². The van der Waals surface area contributed by atoms with Crippen molar-refractivity contribution in [2.75, 3.05) is 0 Å². The van der Waals surface area contributed by atoms with Crippen LogP contribution in [-0.4, -0.2) is 21.2 Å². The van der Waals surface area contributed by atoms with E-state index in [4.69, 9.17) is 9.63 Å². The predicted octanol–water partition coefficient (Wildman–Crippen LogP) is 2.04. The lowest BCUT2D eigenvalue weighted by atomic mass is 9.84. The minimum absolute atomic E-state index is 0.125. The summed E-state index contributed by atoms with van der Waals surface area (Å²) in [6.45, 7) is 0. The fourth-order valence-corrected chi connectivity index (χ4v) is 2.40. The predicted molar refractivity (Wildman–Crippen MR) is 62.5 cm³/mol. The van der Waals surface area contributed by atoms with Crippen molar-refractivity contribution in [2.24, 2.45) is 0 Å². The van der Waals surface area contributed by atoms with Crippen molar-refractivity contribution in [3.05, 3.63) is 47.1 Å². The van der Waals surface area contributed by atoms with Gasteiger partial charge in [0.15, 0.2) is 0 Å². The van der Waals surface area contributed by atoms with Gasteiger partial charge in [0.1, 0.15) is 0 Å². The quantitative estimate of drug-likeness (QED) is 0.874. The molecule has 18 heavy (non-hydrogen) atoms. The number of hydrogen-bond acceptors (Lipinski definition) is 4. The molecular weight excluding hydrogens is 232 g/mol. The highest BCUT2D eigenvalue weighted by molar-refractivity contribution is 5.82. The van der Waals surface area contributed by atoms with Crippen LogP contribution in [0.25, 0.3) is 0 Å². The molecule has 1 aliphatic rings. The van der Waals surface area contributed by atoms with Crippen LogP contribution in [0.4, 0.5) is 0 Å². The first-order valence-corrected chi connectivity index (χ1v) is 5.87. The molecule has 92 valence electrons. The smallest absolute Gasteiger partial charge is 0.377 e. The zero-order chi connectivity index (χ0) is 12.5. The highest BCUT2D eigenvalue weighted by atomic mass is 16.5. The van der Waals surface area contributed by atoms with Gasteiger partial charge in [-0.15, -0.1) is 0 Å². The van der Waals surface area contributed by atoms with Gasteiger partial charge >= 0.3 is 5.97 Å². The Morgan fingerprint density at radius 1 is 1.33 bits per heavy atom. The summed E-state index contributed by atoms with van der Waals surface area (Å²) >= 11 is 0. The van der Waals surface area contributed by atoms with E-state index in [1.54, 1.807) is 0 Å². The van der Waals surface area contributed by atoms with Crippen molar-refractivity contribution >= 4 is 5.97 Å². The van der Waals surface area contributed by atoms with Crippen LogP contribution in [0.15, 0.2) is 28.8 Å². The van der Waals surface area contributed by atoms with Crippen molar-refractivity contribution in [3.8, 4) is 0 Å². The number of nitrogens with zero attached hydrogens (tertiary/aromatic N) is 2. The Balaban J connectivity index is 1.85. The maximum Gasteiger partial charge on any atom is 0.377 e. The second kappa shape index (κ2) is 4.25. The van der Waals surface area contributed by atoms with Gasteiger partial charge in [0.2, 0.25) is 5.89 Å². The molecule has 1 heterocycles. The Kier molecular flexibility index (Phi) is 2.59. The number of fused-ring (bicyclic) bond motifs is 1. The molecule has 5 nitrogen and oxygen atoms in total. The summed E-state index contributed by atoms with van der Waals surface area (Å²) in [5.41, 5.74) is 2.63.